The predicted molar refractivity (Wildman–Crippen MR) is 98.6 cm³/mol. The molecule has 134 valence electrons. The molecule has 2 aromatic carbocycles. The molecule has 0 spiro atoms. The molecular weight excluding hydrogens is 414 g/mol. The van der Waals surface area contributed by atoms with Crippen LogP contribution in [0.1, 0.15) is 5.69 Å². The molecule has 2 aromatic heterocycles. The second-order valence-corrected chi connectivity index (χ2v) is 6.82. The van der Waals surface area contributed by atoms with E-state index in [1.807, 2.05) is 49.4 Å². The van der Waals surface area contributed by atoms with Crippen LogP contribution in [0.25, 0.3) is 28.7 Å². The summed E-state index contributed by atoms with van der Waals surface area (Å²) in [4.78, 5) is 4.46. The van der Waals surface area contributed by atoms with Crippen molar-refractivity contribution in [1.29, 1.82) is 0 Å². The van der Waals surface area contributed by atoms with Gasteiger partial charge in [0.1, 0.15) is 0 Å². The van der Waals surface area contributed by atoms with Crippen LogP contribution < -0.4 is 9.47 Å². The van der Waals surface area contributed by atoms with Crippen LogP contribution in [0.5, 0.6) is 11.5 Å². The molecule has 0 saturated carbocycles. The maximum absolute atomic E-state index is 5.42. The van der Waals surface area contributed by atoms with E-state index in [4.69, 9.17) is 14.0 Å². The van der Waals surface area contributed by atoms with Crippen LogP contribution in [-0.4, -0.2) is 31.9 Å². The Kier molecular flexibility index (Phi) is 3.68. The monoisotopic (exact) mass is 425 g/mol. The molecule has 0 amide bonds. The van der Waals surface area contributed by atoms with Gasteiger partial charge in [-0.05, 0) is 49.4 Å². The zero-order valence-electron chi connectivity index (χ0n) is 14.1. The Morgan fingerprint density at radius 3 is 2.70 bits per heavy atom. The first-order chi connectivity index (χ1) is 13.2. The molecule has 8 nitrogen and oxygen atoms in total. The summed E-state index contributed by atoms with van der Waals surface area (Å²) in [5, 5.41) is 12.5. The Labute approximate surface area is 161 Å². The van der Waals surface area contributed by atoms with Crippen molar-refractivity contribution >= 4 is 15.9 Å². The maximum Gasteiger partial charge on any atom is 0.280 e. The molecule has 0 aliphatic carbocycles. The predicted octanol–water partition coefficient (Wildman–Crippen LogP) is 3.78. The van der Waals surface area contributed by atoms with Crippen molar-refractivity contribution in [2.45, 2.75) is 6.92 Å². The van der Waals surface area contributed by atoms with Crippen LogP contribution in [0.2, 0.25) is 0 Å². The van der Waals surface area contributed by atoms with E-state index in [-0.39, 0.29) is 6.79 Å². The molecule has 0 atom stereocenters. The van der Waals surface area contributed by atoms with Gasteiger partial charge in [-0.25, -0.2) is 4.68 Å². The highest BCUT2D eigenvalue weighted by molar-refractivity contribution is 9.10. The zero-order chi connectivity index (χ0) is 18.4. The van der Waals surface area contributed by atoms with Crippen molar-refractivity contribution in [3.05, 3.63) is 52.6 Å². The Hall–Kier alpha value is -3.20. The largest absolute Gasteiger partial charge is 0.454 e. The smallest absolute Gasteiger partial charge is 0.280 e. The normalized spacial score (nSPS) is 12.5. The minimum atomic E-state index is 0.217. The van der Waals surface area contributed by atoms with Crippen molar-refractivity contribution in [2.75, 3.05) is 6.79 Å². The van der Waals surface area contributed by atoms with E-state index in [1.165, 1.54) is 0 Å². The van der Waals surface area contributed by atoms with Gasteiger partial charge in [0.15, 0.2) is 17.2 Å². The SMILES string of the molecule is Cc1c(-c2nc(-c3ccc4c(c3)OCO4)no2)nnn1-c1ccc(Br)cc1. The molecule has 0 N–H and O–H groups in total. The van der Waals surface area contributed by atoms with E-state index < -0.39 is 0 Å². The van der Waals surface area contributed by atoms with Gasteiger partial charge in [0.25, 0.3) is 5.89 Å². The van der Waals surface area contributed by atoms with Gasteiger partial charge in [-0.15, -0.1) is 5.10 Å². The standard InChI is InChI=1S/C18H12BrN5O3/c1-10-16(21-23-24(10)13-5-3-12(19)4-6-13)18-20-17(22-27-18)11-2-7-14-15(8-11)26-9-25-14/h2-8H,9H2,1H3. The number of fused-ring (bicyclic) bond motifs is 1. The fourth-order valence-electron chi connectivity index (χ4n) is 2.83. The summed E-state index contributed by atoms with van der Waals surface area (Å²) in [5.41, 5.74) is 3.01. The third-order valence-electron chi connectivity index (χ3n) is 4.23. The van der Waals surface area contributed by atoms with E-state index in [0.29, 0.717) is 28.9 Å². The highest BCUT2D eigenvalue weighted by Gasteiger charge is 2.20. The fraction of sp³-hybridized carbons (Fsp3) is 0.111. The van der Waals surface area contributed by atoms with E-state index in [1.54, 1.807) is 4.68 Å². The molecule has 1 aliphatic heterocycles. The number of hydrogen-bond acceptors (Lipinski definition) is 7. The van der Waals surface area contributed by atoms with Gasteiger partial charge in [-0.2, -0.15) is 4.98 Å². The Balaban J connectivity index is 1.49. The number of benzene rings is 2. The third-order valence-corrected chi connectivity index (χ3v) is 4.75. The Morgan fingerprint density at radius 2 is 1.85 bits per heavy atom. The number of ether oxygens (including phenoxy) is 2. The van der Waals surface area contributed by atoms with Crippen LogP contribution in [0.4, 0.5) is 0 Å². The lowest BCUT2D eigenvalue weighted by Crippen LogP contribution is -1.98. The minimum Gasteiger partial charge on any atom is -0.454 e. The van der Waals surface area contributed by atoms with Crippen LogP contribution >= 0.6 is 15.9 Å². The van der Waals surface area contributed by atoms with Crippen LogP contribution in [0, 0.1) is 6.92 Å². The number of nitrogens with zero attached hydrogens (tertiary/aromatic N) is 5. The molecule has 3 heterocycles. The molecule has 9 heteroatoms. The summed E-state index contributed by atoms with van der Waals surface area (Å²) >= 11 is 3.43. The maximum atomic E-state index is 5.42. The summed E-state index contributed by atoms with van der Waals surface area (Å²) in [7, 11) is 0. The quantitative estimate of drug-likeness (QED) is 0.493. The highest BCUT2D eigenvalue weighted by atomic mass is 79.9. The van der Waals surface area contributed by atoms with Gasteiger partial charge in [0.2, 0.25) is 12.6 Å². The molecule has 0 fully saturated rings. The van der Waals surface area contributed by atoms with Crippen molar-refractivity contribution in [3.8, 4) is 40.2 Å². The van der Waals surface area contributed by atoms with E-state index >= 15 is 0 Å². The first kappa shape index (κ1) is 16.0. The van der Waals surface area contributed by atoms with Crippen LogP contribution in [0.15, 0.2) is 51.5 Å². The summed E-state index contributed by atoms with van der Waals surface area (Å²) in [6.07, 6.45) is 0. The van der Waals surface area contributed by atoms with Crippen LogP contribution in [0.3, 0.4) is 0 Å². The zero-order valence-corrected chi connectivity index (χ0v) is 15.7. The number of rotatable bonds is 3. The topological polar surface area (TPSA) is 88.1 Å². The number of aromatic nitrogens is 5. The molecule has 27 heavy (non-hydrogen) atoms. The lowest BCUT2D eigenvalue weighted by atomic mass is 10.2. The van der Waals surface area contributed by atoms with Gasteiger partial charge in [0, 0.05) is 10.0 Å². The van der Waals surface area contributed by atoms with Crippen molar-refractivity contribution in [2.24, 2.45) is 0 Å². The Morgan fingerprint density at radius 1 is 1.04 bits per heavy atom. The first-order valence-electron chi connectivity index (χ1n) is 8.11. The molecule has 4 aromatic rings. The lowest BCUT2D eigenvalue weighted by Gasteiger charge is -2.02. The van der Waals surface area contributed by atoms with Crippen molar-refractivity contribution < 1.29 is 14.0 Å². The molecule has 5 rings (SSSR count). The molecular formula is C18H12BrN5O3. The van der Waals surface area contributed by atoms with Gasteiger partial charge in [-0.1, -0.05) is 26.3 Å². The van der Waals surface area contributed by atoms with E-state index in [9.17, 15) is 0 Å². The average molecular weight is 426 g/mol. The molecule has 1 aliphatic rings. The van der Waals surface area contributed by atoms with E-state index in [2.05, 4.69) is 36.4 Å². The Bertz CT molecular complexity index is 1140. The number of halogens is 1. The minimum absolute atomic E-state index is 0.217. The summed E-state index contributed by atoms with van der Waals surface area (Å²) in [6, 6.07) is 13.3. The molecule has 0 radical (unpaired) electrons. The third kappa shape index (κ3) is 2.76. The number of hydrogen-bond donors (Lipinski definition) is 0. The van der Waals surface area contributed by atoms with Gasteiger partial charge >= 0.3 is 0 Å². The van der Waals surface area contributed by atoms with Gasteiger partial charge in [0.05, 0.1) is 11.4 Å². The van der Waals surface area contributed by atoms with Gasteiger partial charge in [-0.3, -0.25) is 0 Å². The summed E-state index contributed by atoms with van der Waals surface area (Å²) in [6.45, 7) is 2.12. The molecule has 0 unspecified atom stereocenters. The fourth-order valence-corrected chi connectivity index (χ4v) is 3.09. The van der Waals surface area contributed by atoms with Crippen molar-refractivity contribution in [1.82, 2.24) is 25.1 Å². The molecule has 0 bridgehead atoms. The average Bonchev–Trinajstić information content (AvgIpc) is 3.41. The summed E-state index contributed by atoms with van der Waals surface area (Å²) in [5.74, 6) is 2.12. The van der Waals surface area contributed by atoms with Crippen LogP contribution in [-0.2, 0) is 0 Å². The first-order valence-corrected chi connectivity index (χ1v) is 8.91. The van der Waals surface area contributed by atoms with E-state index in [0.717, 1.165) is 21.4 Å². The second kappa shape index (κ2) is 6.20. The molecule has 0 saturated heterocycles. The summed E-state index contributed by atoms with van der Waals surface area (Å²) < 4.78 is 18.9. The lowest BCUT2D eigenvalue weighted by molar-refractivity contribution is 0.174. The highest BCUT2D eigenvalue weighted by Crippen LogP contribution is 2.35. The van der Waals surface area contributed by atoms with Gasteiger partial charge < -0.3 is 14.0 Å². The van der Waals surface area contributed by atoms with Crippen molar-refractivity contribution in [3.63, 3.8) is 0 Å². The second-order valence-electron chi connectivity index (χ2n) is 5.90.